The van der Waals surface area contributed by atoms with Gasteiger partial charge in [0.1, 0.15) is 5.78 Å². The number of ketones is 1. The highest BCUT2D eigenvalue weighted by atomic mass is 16.3. The van der Waals surface area contributed by atoms with E-state index in [2.05, 4.69) is 13.8 Å². The number of fused-ring (bicyclic) bond motifs is 1. The van der Waals surface area contributed by atoms with Crippen molar-refractivity contribution in [2.45, 2.75) is 136 Å². The third-order valence-electron chi connectivity index (χ3n) is 8.48. The van der Waals surface area contributed by atoms with Crippen molar-refractivity contribution in [3.05, 3.63) is 0 Å². The molecule has 0 heterocycles. The molecule has 2 aliphatic rings. The van der Waals surface area contributed by atoms with Crippen molar-refractivity contribution in [1.29, 1.82) is 0 Å². The summed E-state index contributed by atoms with van der Waals surface area (Å²) in [5.74, 6) is 2.80. The second kappa shape index (κ2) is 11.5. The highest BCUT2D eigenvalue weighted by molar-refractivity contribution is 5.80. The lowest BCUT2D eigenvalue weighted by Gasteiger charge is -2.35. The Kier molecular flexibility index (Phi) is 9.87. The van der Waals surface area contributed by atoms with Crippen LogP contribution in [0, 0.1) is 29.6 Å². The maximum absolute atomic E-state index is 12.9. The second-order valence-corrected chi connectivity index (χ2v) is 11.8. The van der Waals surface area contributed by atoms with E-state index in [0.717, 1.165) is 51.4 Å². The quantitative estimate of drug-likeness (QED) is 0.519. The van der Waals surface area contributed by atoms with Gasteiger partial charge in [0.05, 0.1) is 11.2 Å². The molecular weight excluding hydrogens is 372 g/mol. The summed E-state index contributed by atoms with van der Waals surface area (Å²) in [7, 11) is 0. The van der Waals surface area contributed by atoms with E-state index in [1.54, 1.807) is 0 Å². The summed E-state index contributed by atoms with van der Waals surface area (Å²) < 4.78 is 0. The minimum Gasteiger partial charge on any atom is -0.390 e. The van der Waals surface area contributed by atoms with Gasteiger partial charge in [0.15, 0.2) is 0 Å². The molecular formula is C27H50O3. The molecule has 0 aromatic heterocycles. The molecule has 2 aliphatic carbocycles. The molecule has 2 N–H and O–H groups in total. The van der Waals surface area contributed by atoms with Crippen molar-refractivity contribution < 1.29 is 15.0 Å². The first kappa shape index (κ1) is 25.8. The normalized spacial score (nSPS) is 34.8. The maximum atomic E-state index is 12.9. The van der Waals surface area contributed by atoms with Crippen LogP contribution < -0.4 is 0 Å². The van der Waals surface area contributed by atoms with Crippen LogP contribution in [0.4, 0.5) is 0 Å². The summed E-state index contributed by atoms with van der Waals surface area (Å²) in [6.45, 7) is 10.2. The molecule has 0 aromatic carbocycles. The van der Waals surface area contributed by atoms with Crippen LogP contribution in [0.1, 0.15) is 125 Å². The van der Waals surface area contributed by atoms with Gasteiger partial charge in [0.2, 0.25) is 0 Å². The van der Waals surface area contributed by atoms with E-state index < -0.39 is 11.2 Å². The zero-order chi connectivity index (χ0) is 22.4. The van der Waals surface area contributed by atoms with Crippen LogP contribution in [0.3, 0.4) is 0 Å². The molecule has 0 radical (unpaired) electrons. The van der Waals surface area contributed by atoms with Gasteiger partial charge in [-0.15, -0.1) is 0 Å². The Morgan fingerprint density at radius 3 is 2.20 bits per heavy atom. The van der Waals surface area contributed by atoms with Crippen LogP contribution in [0.25, 0.3) is 0 Å². The van der Waals surface area contributed by atoms with Gasteiger partial charge in [-0.05, 0) is 83.0 Å². The van der Waals surface area contributed by atoms with Crippen molar-refractivity contribution in [3.63, 3.8) is 0 Å². The monoisotopic (exact) mass is 422 g/mol. The lowest BCUT2D eigenvalue weighted by molar-refractivity contribution is -0.124. The molecule has 0 aromatic rings. The average Bonchev–Trinajstić information content (AvgIpc) is 2.71. The third-order valence-corrected chi connectivity index (χ3v) is 8.48. The summed E-state index contributed by atoms with van der Waals surface area (Å²) in [6.07, 6.45) is 14.9. The summed E-state index contributed by atoms with van der Waals surface area (Å²) in [4.78, 5) is 12.9. The molecule has 2 rings (SSSR count). The standard InChI is InChI=1S/C27H50O3/c1-20-15-16-23(27(5,30)18-10-17-26(3,4)29)14-9-13-22-12-8-6-7-11-21(2)25(28)19-24(20)22/h20-24,29-30H,6-19H2,1-5H3. The van der Waals surface area contributed by atoms with E-state index in [9.17, 15) is 15.0 Å². The van der Waals surface area contributed by atoms with Crippen LogP contribution in [0.5, 0.6) is 0 Å². The van der Waals surface area contributed by atoms with Crippen LogP contribution in [-0.4, -0.2) is 27.2 Å². The molecule has 30 heavy (non-hydrogen) atoms. The first-order valence-electron chi connectivity index (χ1n) is 13.0. The van der Waals surface area contributed by atoms with Crippen molar-refractivity contribution in [2.75, 3.05) is 0 Å². The SMILES string of the molecule is CC1CCCCCC2CCCC(C(C)(O)CCCC(C)(C)O)CCC(C)C2CC1=O. The Hall–Kier alpha value is -0.410. The molecule has 3 nitrogen and oxygen atoms in total. The van der Waals surface area contributed by atoms with Crippen molar-refractivity contribution >= 4 is 5.78 Å². The number of Topliss-reactive ketones (excluding diaryl/α,β-unsaturated/α-hetero) is 1. The average molecular weight is 423 g/mol. The minimum absolute atomic E-state index is 0.229. The topological polar surface area (TPSA) is 57.5 Å². The van der Waals surface area contributed by atoms with Gasteiger partial charge in [-0.25, -0.2) is 0 Å². The van der Waals surface area contributed by atoms with E-state index in [1.807, 2.05) is 20.8 Å². The van der Waals surface area contributed by atoms with E-state index in [0.29, 0.717) is 29.5 Å². The largest absolute Gasteiger partial charge is 0.390 e. The molecule has 176 valence electrons. The van der Waals surface area contributed by atoms with Gasteiger partial charge in [-0.3, -0.25) is 4.79 Å². The molecule has 2 saturated carbocycles. The Balaban J connectivity index is 2.05. The van der Waals surface area contributed by atoms with E-state index in [4.69, 9.17) is 0 Å². The smallest absolute Gasteiger partial charge is 0.135 e. The summed E-state index contributed by atoms with van der Waals surface area (Å²) in [5.41, 5.74) is -1.32. The van der Waals surface area contributed by atoms with Crippen molar-refractivity contribution in [2.24, 2.45) is 29.6 Å². The summed E-state index contributed by atoms with van der Waals surface area (Å²) >= 11 is 0. The van der Waals surface area contributed by atoms with Crippen LogP contribution >= 0.6 is 0 Å². The predicted octanol–water partition coefficient (Wildman–Crippen LogP) is 6.69. The minimum atomic E-state index is -0.659. The van der Waals surface area contributed by atoms with Crippen molar-refractivity contribution in [3.8, 4) is 0 Å². The maximum Gasteiger partial charge on any atom is 0.135 e. The molecule has 0 spiro atoms. The Labute approximate surface area is 186 Å². The number of carbonyl (C=O) groups excluding carboxylic acids is 1. The first-order chi connectivity index (χ1) is 14.0. The number of carbonyl (C=O) groups is 1. The van der Waals surface area contributed by atoms with Gasteiger partial charge in [-0.2, -0.15) is 0 Å². The van der Waals surface area contributed by atoms with Gasteiger partial charge >= 0.3 is 0 Å². The van der Waals surface area contributed by atoms with Crippen LogP contribution in [-0.2, 0) is 4.79 Å². The molecule has 0 amide bonds. The fourth-order valence-corrected chi connectivity index (χ4v) is 6.19. The number of hydrogen-bond acceptors (Lipinski definition) is 3. The number of aliphatic hydroxyl groups is 2. The fourth-order valence-electron chi connectivity index (χ4n) is 6.19. The van der Waals surface area contributed by atoms with Crippen LogP contribution in [0.2, 0.25) is 0 Å². The number of hydrogen-bond donors (Lipinski definition) is 2. The zero-order valence-corrected chi connectivity index (χ0v) is 20.6. The highest BCUT2D eigenvalue weighted by Gasteiger charge is 2.36. The Morgan fingerprint density at radius 2 is 1.50 bits per heavy atom. The molecule has 0 bridgehead atoms. The molecule has 6 unspecified atom stereocenters. The van der Waals surface area contributed by atoms with Gasteiger partial charge < -0.3 is 10.2 Å². The van der Waals surface area contributed by atoms with E-state index in [1.165, 1.54) is 38.5 Å². The van der Waals surface area contributed by atoms with Gasteiger partial charge in [-0.1, -0.05) is 58.8 Å². The molecule has 0 aliphatic heterocycles. The Morgan fingerprint density at radius 1 is 0.833 bits per heavy atom. The third kappa shape index (κ3) is 8.26. The van der Waals surface area contributed by atoms with Crippen LogP contribution in [0.15, 0.2) is 0 Å². The molecule has 0 saturated heterocycles. The van der Waals surface area contributed by atoms with E-state index in [-0.39, 0.29) is 5.92 Å². The predicted molar refractivity (Wildman–Crippen MR) is 125 cm³/mol. The summed E-state index contributed by atoms with van der Waals surface area (Å²) in [6, 6.07) is 0. The summed E-state index contributed by atoms with van der Waals surface area (Å²) in [5, 5.41) is 21.3. The molecule has 3 heteroatoms. The molecule has 6 atom stereocenters. The van der Waals surface area contributed by atoms with Gasteiger partial charge in [0.25, 0.3) is 0 Å². The molecule has 2 fully saturated rings. The Bertz CT molecular complexity index is 519. The van der Waals surface area contributed by atoms with E-state index >= 15 is 0 Å². The lowest BCUT2D eigenvalue weighted by Crippen LogP contribution is -2.35. The second-order valence-electron chi connectivity index (χ2n) is 11.8. The highest BCUT2D eigenvalue weighted by Crippen LogP contribution is 2.42. The van der Waals surface area contributed by atoms with Gasteiger partial charge in [0, 0.05) is 12.3 Å². The zero-order valence-electron chi connectivity index (χ0n) is 20.6. The number of rotatable bonds is 5. The van der Waals surface area contributed by atoms with Crippen molar-refractivity contribution in [1.82, 2.24) is 0 Å². The first-order valence-corrected chi connectivity index (χ1v) is 13.0. The lowest BCUT2D eigenvalue weighted by atomic mass is 9.72. The fraction of sp³-hybridized carbons (Fsp3) is 0.963.